The van der Waals surface area contributed by atoms with Gasteiger partial charge in [0.15, 0.2) is 0 Å². The van der Waals surface area contributed by atoms with Gasteiger partial charge in [0.2, 0.25) is 0 Å². The number of benzene rings is 6. The fourth-order valence-corrected chi connectivity index (χ4v) is 10.2. The van der Waals surface area contributed by atoms with E-state index in [9.17, 15) is 19.7 Å². The van der Waals surface area contributed by atoms with Crippen LogP contribution in [0.5, 0.6) is 11.5 Å². The molecule has 14 heteroatoms. The lowest BCUT2D eigenvalue weighted by Gasteiger charge is -2.37. The summed E-state index contributed by atoms with van der Waals surface area (Å²) in [5.41, 5.74) is 16.4. The largest absolute Gasteiger partial charge is 0.489 e. The third-order valence-electron chi connectivity index (χ3n) is 13.7. The maximum atomic E-state index is 13.3. The number of non-ortho nitro benzene ring substituents is 1. The van der Waals surface area contributed by atoms with Crippen LogP contribution in [0.4, 0.5) is 34.1 Å². The topological polar surface area (TPSA) is 141 Å². The molecule has 0 aromatic heterocycles. The van der Waals surface area contributed by atoms with Crippen LogP contribution < -0.4 is 34.8 Å². The minimum absolute atomic E-state index is 0.0574. The van der Waals surface area contributed by atoms with Crippen molar-refractivity contribution in [2.24, 2.45) is 0 Å². The Morgan fingerprint density at radius 2 is 0.972 bits per heavy atom. The molecular formula is C58H66N8O6. The van der Waals surface area contributed by atoms with E-state index in [1.807, 2.05) is 85.5 Å². The number of para-hydroxylation sites is 4. The Bertz CT molecular complexity index is 2890. The Morgan fingerprint density at radius 3 is 1.43 bits per heavy atom. The molecule has 0 saturated carbocycles. The molecule has 14 nitrogen and oxygen atoms in total. The van der Waals surface area contributed by atoms with Gasteiger partial charge in [-0.05, 0) is 136 Å². The van der Waals surface area contributed by atoms with E-state index in [1.54, 1.807) is 17.0 Å². The molecule has 0 radical (unpaired) electrons. The quantitative estimate of drug-likeness (QED) is 0.0672. The maximum absolute atomic E-state index is 13.3. The number of hydrogen-bond donors (Lipinski definition) is 1. The zero-order chi connectivity index (χ0) is 50.3. The van der Waals surface area contributed by atoms with Gasteiger partial charge in [-0.1, -0.05) is 48.5 Å². The van der Waals surface area contributed by atoms with Crippen LogP contribution in [-0.4, -0.2) is 104 Å². The van der Waals surface area contributed by atoms with Crippen molar-refractivity contribution in [2.45, 2.75) is 65.8 Å². The summed E-state index contributed by atoms with van der Waals surface area (Å²) in [6.07, 6.45) is 1.75. The highest BCUT2D eigenvalue weighted by Crippen LogP contribution is 2.35. The van der Waals surface area contributed by atoms with Crippen LogP contribution in [0.2, 0.25) is 0 Å². The molecule has 2 N–H and O–H groups in total. The number of anilines is 5. The lowest BCUT2D eigenvalue weighted by atomic mass is 10.1. The van der Waals surface area contributed by atoms with Crippen LogP contribution >= 0.6 is 0 Å². The van der Waals surface area contributed by atoms with E-state index in [0.717, 1.165) is 128 Å². The Morgan fingerprint density at radius 1 is 0.528 bits per heavy atom. The van der Waals surface area contributed by atoms with E-state index in [1.165, 1.54) is 17.3 Å². The van der Waals surface area contributed by atoms with Gasteiger partial charge >= 0.3 is 0 Å². The zero-order valence-electron chi connectivity index (χ0n) is 41.9. The van der Waals surface area contributed by atoms with E-state index in [-0.39, 0.29) is 29.7 Å². The van der Waals surface area contributed by atoms with E-state index in [4.69, 9.17) is 15.2 Å². The molecule has 374 valence electrons. The molecule has 6 aromatic rings. The van der Waals surface area contributed by atoms with Crippen LogP contribution in [0, 0.1) is 10.1 Å². The molecule has 4 aliphatic rings. The standard InChI is InChI=1S/C29H32N4O4.C29H34N4O2/c1-21(2)37-28-9-4-3-8-27(28)31-16-14-30(15-17-31)20-22-6-5-7-24(18-22)29(34)32-13-12-23-19-25(33(35)36)10-11-26(23)32;1-21(2)35-28-9-4-3-8-27(28)32-16-14-31(15-17-32)20-22-6-5-7-24(18-22)29(34)33-13-12-23-19-25(30)10-11-26(23)33/h3-11,18-19,21H,12-17,20H2,1-2H3;3-11,18-19,21H,12-17,20,30H2,1-2H3. The third kappa shape index (κ3) is 11.7. The number of fused-ring (bicyclic) bond motifs is 2. The number of nitro benzene ring substituents is 1. The highest BCUT2D eigenvalue weighted by Gasteiger charge is 2.29. The maximum Gasteiger partial charge on any atom is 0.269 e. The lowest BCUT2D eigenvalue weighted by Crippen LogP contribution is -2.46. The van der Waals surface area contributed by atoms with Crippen LogP contribution in [0.25, 0.3) is 0 Å². The molecule has 72 heavy (non-hydrogen) atoms. The molecule has 0 spiro atoms. The van der Waals surface area contributed by atoms with Crippen molar-refractivity contribution in [1.29, 1.82) is 0 Å². The number of nitro groups is 1. The molecule has 0 aliphatic carbocycles. The van der Waals surface area contributed by atoms with E-state index >= 15 is 0 Å². The zero-order valence-corrected chi connectivity index (χ0v) is 41.9. The number of piperazine rings is 2. The summed E-state index contributed by atoms with van der Waals surface area (Å²) in [7, 11) is 0. The molecule has 0 atom stereocenters. The number of carbonyl (C=O) groups excluding carboxylic acids is 2. The molecular weight excluding hydrogens is 905 g/mol. The summed E-state index contributed by atoms with van der Waals surface area (Å²) in [6, 6.07) is 43.0. The third-order valence-corrected chi connectivity index (χ3v) is 13.7. The summed E-state index contributed by atoms with van der Waals surface area (Å²) in [5.74, 6) is 1.87. The molecule has 4 heterocycles. The van der Waals surface area contributed by atoms with Gasteiger partial charge in [0.05, 0.1) is 28.5 Å². The normalized spacial score (nSPS) is 15.8. The summed E-state index contributed by atoms with van der Waals surface area (Å²) < 4.78 is 12.0. The van der Waals surface area contributed by atoms with Gasteiger partial charge in [-0.2, -0.15) is 0 Å². The molecule has 10 rings (SSSR count). The summed E-state index contributed by atoms with van der Waals surface area (Å²) >= 11 is 0. The van der Waals surface area contributed by atoms with Crippen molar-refractivity contribution in [3.8, 4) is 11.5 Å². The number of nitrogen functional groups attached to an aromatic ring is 1. The van der Waals surface area contributed by atoms with Crippen molar-refractivity contribution in [2.75, 3.05) is 90.8 Å². The Kier molecular flexibility index (Phi) is 15.4. The SMILES string of the molecule is CC(C)Oc1ccccc1N1CCN(Cc2cccc(C(=O)N3CCc4cc(N)ccc43)c2)CC1.CC(C)Oc1ccccc1N1CCN(Cc2cccc(C(=O)N3CCc4cc([N+](=O)[O-])ccc43)c2)CC1. The first-order valence-corrected chi connectivity index (χ1v) is 25.3. The molecule has 0 bridgehead atoms. The number of nitrogens with zero attached hydrogens (tertiary/aromatic N) is 7. The molecule has 2 amide bonds. The van der Waals surface area contributed by atoms with Crippen LogP contribution in [0.1, 0.15) is 70.7 Å². The van der Waals surface area contributed by atoms with Gasteiger partial charge in [0.25, 0.3) is 17.5 Å². The molecule has 4 aliphatic heterocycles. The Balaban J connectivity index is 0.000000178. The van der Waals surface area contributed by atoms with Crippen molar-refractivity contribution < 1.29 is 24.0 Å². The van der Waals surface area contributed by atoms with E-state index in [2.05, 4.69) is 82.0 Å². The second kappa shape index (κ2) is 22.3. The Labute approximate surface area is 423 Å². The first kappa shape index (κ1) is 49.6. The number of rotatable bonds is 13. The molecule has 2 fully saturated rings. The minimum atomic E-state index is -0.397. The predicted octanol–water partition coefficient (Wildman–Crippen LogP) is 9.49. The molecule has 0 unspecified atom stereocenters. The minimum Gasteiger partial charge on any atom is -0.489 e. The second-order valence-electron chi connectivity index (χ2n) is 19.6. The number of hydrogen-bond acceptors (Lipinski definition) is 11. The highest BCUT2D eigenvalue weighted by molar-refractivity contribution is 6.08. The lowest BCUT2D eigenvalue weighted by molar-refractivity contribution is -0.384. The number of nitrogens with two attached hydrogens (primary N) is 1. The van der Waals surface area contributed by atoms with Crippen molar-refractivity contribution in [3.63, 3.8) is 0 Å². The fourth-order valence-electron chi connectivity index (χ4n) is 10.2. The number of carbonyl (C=O) groups is 2. The van der Waals surface area contributed by atoms with Crippen LogP contribution in [-0.2, 0) is 25.9 Å². The summed E-state index contributed by atoms with van der Waals surface area (Å²) in [4.78, 5) is 50.6. The number of amides is 2. The average Bonchev–Trinajstić information content (AvgIpc) is 4.01. The van der Waals surface area contributed by atoms with Crippen molar-refractivity contribution in [3.05, 3.63) is 177 Å². The van der Waals surface area contributed by atoms with Gasteiger partial charge in [-0.3, -0.25) is 29.5 Å². The number of ether oxygens (including phenoxy) is 2. The first-order valence-electron chi connectivity index (χ1n) is 25.3. The Hall–Kier alpha value is -7.42. The van der Waals surface area contributed by atoms with Gasteiger partial charge in [-0.25, -0.2) is 0 Å². The monoisotopic (exact) mass is 971 g/mol. The van der Waals surface area contributed by atoms with E-state index in [0.29, 0.717) is 25.1 Å². The highest BCUT2D eigenvalue weighted by atomic mass is 16.6. The smallest absolute Gasteiger partial charge is 0.269 e. The van der Waals surface area contributed by atoms with E-state index < -0.39 is 4.92 Å². The summed E-state index contributed by atoms with van der Waals surface area (Å²) in [6.45, 7) is 18.6. The van der Waals surface area contributed by atoms with Gasteiger partial charge in [0.1, 0.15) is 11.5 Å². The van der Waals surface area contributed by atoms with Gasteiger partial charge in [0, 0.05) is 119 Å². The van der Waals surface area contributed by atoms with Crippen molar-refractivity contribution >= 4 is 45.9 Å². The second-order valence-corrected chi connectivity index (χ2v) is 19.6. The van der Waals surface area contributed by atoms with Crippen molar-refractivity contribution in [1.82, 2.24) is 9.80 Å². The van der Waals surface area contributed by atoms with Gasteiger partial charge in [-0.15, -0.1) is 0 Å². The molecule has 6 aromatic carbocycles. The summed E-state index contributed by atoms with van der Waals surface area (Å²) in [5, 5.41) is 11.1. The first-order chi connectivity index (χ1) is 34.9. The molecule has 2 saturated heterocycles. The average molecular weight is 971 g/mol. The van der Waals surface area contributed by atoms with Crippen LogP contribution in [0.15, 0.2) is 133 Å². The van der Waals surface area contributed by atoms with Gasteiger partial charge < -0.3 is 34.8 Å². The van der Waals surface area contributed by atoms with Crippen LogP contribution in [0.3, 0.4) is 0 Å². The fraction of sp³-hybridized carbons (Fsp3) is 0.345. The predicted molar refractivity (Wildman–Crippen MR) is 287 cm³/mol.